The number of benzene rings is 1. The fourth-order valence-corrected chi connectivity index (χ4v) is 3.56. The van der Waals surface area contributed by atoms with Gasteiger partial charge in [-0.25, -0.2) is 9.97 Å². The maximum absolute atomic E-state index is 5.37. The molecule has 1 aliphatic rings. The molecule has 0 spiro atoms. The van der Waals surface area contributed by atoms with Crippen molar-refractivity contribution in [2.24, 2.45) is 0 Å². The largest absolute Gasteiger partial charge is 0.379 e. The van der Waals surface area contributed by atoms with Gasteiger partial charge in [0.1, 0.15) is 5.01 Å². The van der Waals surface area contributed by atoms with Gasteiger partial charge in [0.15, 0.2) is 0 Å². The second kappa shape index (κ2) is 7.29. The Labute approximate surface area is 144 Å². The van der Waals surface area contributed by atoms with Crippen LogP contribution in [-0.2, 0) is 4.74 Å². The molecule has 0 radical (unpaired) electrons. The summed E-state index contributed by atoms with van der Waals surface area (Å²) in [6.07, 6.45) is 2.93. The molecular formula is C17H21N5OS. The van der Waals surface area contributed by atoms with Gasteiger partial charge in [-0.2, -0.15) is 0 Å². The van der Waals surface area contributed by atoms with Crippen LogP contribution in [-0.4, -0.2) is 59.2 Å². The number of morpholine rings is 1. The normalized spacial score (nSPS) is 15.8. The summed E-state index contributed by atoms with van der Waals surface area (Å²) in [5, 5.41) is 6.42. The second-order valence-corrected chi connectivity index (χ2v) is 6.78. The molecule has 4 rings (SSSR count). The van der Waals surface area contributed by atoms with E-state index >= 15 is 0 Å². The molecule has 2 N–H and O–H groups in total. The second-order valence-electron chi connectivity index (χ2n) is 5.89. The molecule has 1 aromatic carbocycles. The maximum Gasteiger partial charge on any atom is 0.201 e. The minimum Gasteiger partial charge on any atom is -0.379 e. The number of ether oxygens (including phenoxy) is 1. The lowest BCUT2D eigenvalue weighted by atomic mass is 10.2. The molecule has 1 fully saturated rings. The lowest BCUT2D eigenvalue weighted by Gasteiger charge is -2.26. The van der Waals surface area contributed by atoms with E-state index in [0.29, 0.717) is 0 Å². The average molecular weight is 343 g/mol. The lowest BCUT2D eigenvalue weighted by Crippen LogP contribution is -2.37. The number of aromatic amines is 1. The van der Waals surface area contributed by atoms with Crippen LogP contribution in [0.5, 0.6) is 0 Å². The van der Waals surface area contributed by atoms with Crippen LogP contribution in [0, 0.1) is 0 Å². The van der Waals surface area contributed by atoms with E-state index in [0.717, 1.165) is 73.4 Å². The molecule has 0 atom stereocenters. The van der Waals surface area contributed by atoms with Crippen LogP contribution in [0.3, 0.4) is 0 Å². The summed E-state index contributed by atoms with van der Waals surface area (Å²) in [6.45, 7) is 5.83. The zero-order valence-electron chi connectivity index (χ0n) is 13.5. The van der Waals surface area contributed by atoms with Crippen LogP contribution in [0.4, 0.5) is 5.95 Å². The molecule has 2 aromatic heterocycles. The standard InChI is InChI=1S/C17H21N5OS/c1(6-22-7-9-23-10-8-22)4-19-17-20-14-3-2-13(12-15(14)21-17)16-18-5-11-24-16/h2-3,5,11-12H,1,4,6-10H2,(H2,19,20,21). The molecule has 3 heterocycles. The molecule has 0 saturated carbocycles. The molecule has 0 amide bonds. The molecule has 24 heavy (non-hydrogen) atoms. The number of aromatic nitrogens is 3. The van der Waals surface area contributed by atoms with Gasteiger partial charge >= 0.3 is 0 Å². The van der Waals surface area contributed by atoms with Crippen LogP contribution in [0.25, 0.3) is 21.6 Å². The molecule has 1 aliphatic heterocycles. The molecule has 0 aliphatic carbocycles. The fraction of sp³-hybridized carbons (Fsp3) is 0.412. The number of thiazole rings is 1. The van der Waals surface area contributed by atoms with E-state index in [2.05, 4.69) is 37.3 Å². The quantitative estimate of drug-likeness (QED) is 0.674. The van der Waals surface area contributed by atoms with Gasteiger partial charge in [0.25, 0.3) is 0 Å². The van der Waals surface area contributed by atoms with E-state index in [1.807, 2.05) is 17.6 Å². The van der Waals surface area contributed by atoms with Gasteiger partial charge in [0, 0.05) is 36.8 Å². The Morgan fingerprint density at radius 2 is 2.21 bits per heavy atom. The smallest absolute Gasteiger partial charge is 0.201 e. The highest BCUT2D eigenvalue weighted by molar-refractivity contribution is 7.13. The first-order valence-electron chi connectivity index (χ1n) is 8.32. The molecule has 6 nitrogen and oxygen atoms in total. The monoisotopic (exact) mass is 343 g/mol. The Morgan fingerprint density at radius 1 is 1.29 bits per heavy atom. The number of fused-ring (bicyclic) bond motifs is 1. The van der Waals surface area contributed by atoms with Gasteiger partial charge in [-0.3, -0.25) is 4.90 Å². The van der Waals surface area contributed by atoms with Crippen molar-refractivity contribution in [1.29, 1.82) is 0 Å². The van der Waals surface area contributed by atoms with E-state index in [-0.39, 0.29) is 0 Å². The predicted molar refractivity (Wildman–Crippen MR) is 97.6 cm³/mol. The van der Waals surface area contributed by atoms with Crippen LogP contribution in [0.2, 0.25) is 0 Å². The highest BCUT2D eigenvalue weighted by atomic mass is 32.1. The summed E-state index contributed by atoms with van der Waals surface area (Å²) in [4.78, 5) is 14.8. The summed E-state index contributed by atoms with van der Waals surface area (Å²) in [6, 6.07) is 6.23. The summed E-state index contributed by atoms with van der Waals surface area (Å²) in [7, 11) is 0. The molecule has 0 bridgehead atoms. The van der Waals surface area contributed by atoms with E-state index in [4.69, 9.17) is 4.74 Å². The number of hydrogen-bond acceptors (Lipinski definition) is 6. The summed E-state index contributed by atoms with van der Waals surface area (Å²) in [5.74, 6) is 0.836. The maximum atomic E-state index is 5.37. The van der Waals surface area contributed by atoms with E-state index < -0.39 is 0 Å². The van der Waals surface area contributed by atoms with Crippen molar-refractivity contribution in [1.82, 2.24) is 19.9 Å². The van der Waals surface area contributed by atoms with Crippen LogP contribution in [0.15, 0.2) is 29.8 Å². The molecule has 7 heteroatoms. The Kier molecular flexibility index (Phi) is 4.73. The third-order valence-corrected chi connectivity index (χ3v) is 5.03. The highest BCUT2D eigenvalue weighted by Crippen LogP contribution is 2.25. The summed E-state index contributed by atoms with van der Waals surface area (Å²) < 4.78 is 5.37. The van der Waals surface area contributed by atoms with Crippen molar-refractivity contribution < 1.29 is 4.74 Å². The molecule has 0 unspecified atom stereocenters. The van der Waals surface area contributed by atoms with E-state index in [1.165, 1.54) is 0 Å². The summed E-state index contributed by atoms with van der Waals surface area (Å²) in [5.41, 5.74) is 3.14. The number of nitrogens with zero attached hydrogens (tertiary/aromatic N) is 3. The first kappa shape index (κ1) is 15.6. The first-order chi connectivity index (χ1) is 11.9. The van der Waals surface area contributed by atoms with Crippen molar-refractivity contribution in [3.8, 4) is 10.6 Å². The fourth-order valence-electron chi connectivity index (χ4n) is 2.93. The van der Waals surface area contributed by atoms with Gasteiger partial charge in [-0.05, 0) is 31.2 Å². The Bertz CT molecular complexity index is 779. The van der Waals surface area contributed by atoms with E-state index in [1.54, 1.807) is 11.3 Å². The predicted octanol–water partition coefficient (Wildman–Crippen LogP) is 2.82. The third-order valence-electron chi connectivity index (χ3n) is 4.21. The zero-order valence-corrected chi connectivity index (χ0v) is 14.3. The number of anilines is 1. The van der Waals surface area contributed by atoms with Gasteiger partial charge in [0.2, 0.25) is 5.95 Å². The van der Waals surface area contributed by atoms with E-state index in [9.17, 15) is 0 Å². The highest BCUT2D eigenvalue weighted by Gasteiger charge is 2.10. The lowest BCUT2D eigenvalue weighted by molar-refractivity contribution is 0.0378. The van der Waals surface area contributed by atoms with Crippen molar-refractivity contribution in [2.75, 3.05) is 44.7 Å². The van der Waals surface area contributed by atoms with Crippen LogP contribution in [0.1, 0.15) is 6.42 Å². The van der Waals surface area contributed by atoms with Crippen molar-refractivity contribution in [3.05, 3.63) is 29.8 Å². The van der Waals surface area contributed by atoms with Gasteiger partial charge in [-0.1, -0.05) is 0 Å². The van der Waals surface area contributed by atoms with Crippen molar-refractivity contribution in [2.45, 2.75) is 6.42 Å². The molecule has 3 aromatic rings. The zero-order chi connectivity index (χ0) is 16.2. The van der Waals surface area contributed by atoms with Gasteiger partial charge in [-0.15, -0.1) is 11.3 Å². The average Bonchev–Trinajstić information content (AvgIpc) is 3.28. The SMILES string of the molecule is c1csc(-c2ccc3nc(NCCCN4CCOCC4)[nH]c3c2)n1. The van der Waals surface area contributed by atoms with Crippen LogP contribution >= 0.6 is 11.3 Å². The number of imidazole rings is 1. The van der Waals surface area contributed by atoms with Gasteiger partial charge < -0.3 is 15.0 Å². The Hall–Kier alpha value is -1.96. The van der Waals surface area contributed by atoms with Gasteiger partial charge in [0.05, 0.1) is 24.2 Å². The topological polar surface area (TPSA) is 66.1 Å². The molecule has 1 saturated heterocycles. The van der Waals surface area contributed by atoms with Crippen molar-refractivity contribution in [3.63, 3.8) is 0 Å². The van der Waals surface area contributed by atoms with Crippen molar-refractivity contribution >= 4 is 28.3 Å². The minimum atomic E-state index is 0.836. The summed E-state index contributed by atoms with van der Waals surface area (Å²) >= 11 is 1.65. The number of nitrogens with one attached hydrogen (secondary N) is 2. The molecule has 126 valence electrons. The number of H-pyrrole nitrogens is 1. The Morgan fingerprint density at radius 3 is 3.04 bits per heavy atom. The minimum absolute atomic E-state index is 0.836. The first-order valence-corrected chi connectivity index (χ1v) is 9.20. The number of hydrogen-bond donors (Lipinski definition) is 2. The molecular weight excluding hydrogens is 322 g/mol. The van der Waals surface area contributed by atoms with Crippen LogP contribution < -0.4 is 5.32 Å². The number of rotatable bonds is 6. The Balaban J connectivity index is 1.34. The third kappa shape index (κ3) is 3.58.